The van der Waals surface area contributed by atoms with Crippen molar-refractivity contribution in [3.05, 3.63) is 63.5 Å². The predicted molar refractivity (Wildman–Crippen MR) is 145 cm³/mol. The molecule has 0 spiro atoms. The molecule has 3 aromatic heterocycles. The van der Waals surface area contributed by atoms with Gasteiger partial charge >= 0.3 is 0 Å². The van der Waals surface area contributed by atoms with Gasteiger partial charge in [-0.15, -0.1) is 0 Å². The second kappa shape index (κ2) is 9.20. The van der Waals surface area contributed by atoms with Gasteiger partial charge in [0.25, 0.3) is 11.5 Å². The van der Waals surface area contributed by atoms with E-state index in [1.54, 1.807) is 19.2 Å². The van der Waals surface area contributed by atoms with Gasteiger partial charge < -0.3 is 19.7 Å². The third-order valence-corrected chi connectivity index (χ3v) is 8.07. The Kier molecular flexibility index (Phi) is 5.94. The number of aromatic nitrogens is 4. The van der Waals surface area contributed by atoms with Crippen LogP contribution in [0.5, 0.6) is 0 Å². The highest BCUT2D eigenvalue weighted by atomic mass is 19.1. The third-order valence-electron chi connectivity index (χ3n) is 8.07. The number of halogens is 1. The van der Waals surface area contributed by atoms with Gasteiger partial charge in [-0.2, -0.15) is 5.10 Å². The number of benzene rings is 1. The van der Waals surface area contributed by atoms with Crippen LogP contribution < -0.4 is 10.5 Å². The van der Waals surface area contributed by atoms with Crippen LogP contribution in [-0.4, -0.2) is 81.3 Å². The Morgan fingerprint density at radius 3 is 2.63 bits per heavy atom. The minimum atomic E-state index is -0.321. The Morgan fingerprint density at radius 1 is 1.11 bits per heavy atom. The van der Waals surface area contributed by atoms with Gasteiger partial charge in [0.05, 0.1) is 34.4 Å². The van der Waals surface area contributed by atoms with E-state index in [2.05, 4.69) is 38.8 Å². The molecule has 198 valence electrons. The highest BCUT2D eigenvalue weighted by Gasteiger charge is 2.30. The smallest absolute Gasteiger partial charge is 0.259 e. The van der Waals surface area contributed by atoms with Crippen LogP contribution in [0.1, 0.15) is 41.0 Å². The molecule has 0 bridgehead atoms. The first-order chi connectivity index (χ1) is 18.2. The van der Waals surface area contributed by atoms with Crippen LogP contribution in [0.25, 0.3) is 21.8 Å². The molecule has 10 heteroatoms. The summed E-state index contributed by atoms with van der Waals surface area (Å²) in [6.45, 7) is 9.14. The summed E-state index contributed by atoms with van der Waals surface area (Å²) in [5, 5.41) is 5.98. The van der Waals surface area contributed by atoms with Gasteiger partial charge in [0.15, 0.2) is 0 Å². The monoisotopic (exact) mass is 517 g/mol. The number of carbonyl (C=O) groups is 1. The number of piperazine rings is 1. The van der Waals surface area contributed by atoms with Crippen molar-refractivity contribution in [3.8, 4) is 0 Å². The number of amides is 1. The molecular formula is C28H32FN7O2. The fourth-order valence-electron chi connectivity index (χ4n) is 5.96. The first-order valence-electron chi connectivity index (χ1n) is 13.1. The molecule has 2 saturated heterocycles. The lowest BCUT2D eigenvalue weighted by Crippen LogP contribution is -2.54. The highest BCUT2D eigenvalue weighted by molar-refractivity contribution is 6.07. The molecule has 0 radical (unpaired) electrons. The van der Waals surface area contributed by atoms with Gasteiger partial charge in [0.2, 0.25) is 0 Å². The summed E-state index contributed by atoms with van der Waals surface area (Å²) < 4.78 is 15.7. The second-order valence-electron chi connectivity index (χ2n) is 10.8. The van der Waals surface area contributed by atoms with Crippen LogP contribution in [0.2, 0.25) is 0 Å². The van der Waals surface area contributed by atoms with Crippen molar-refractivity contribution in [1.29, 1.82) is 0 Å². The van der Waals surface area contributed by atoms with E-state index >= 15 is 0 Å². The number of rotatable bonds is 3. The van der Waals surface area contributed by atoms with Crippen molar-refractivity contribution in [2.75, 3.05) is 44.7 Å². The standard InChI is InChI=1S/C28H32FN7O2/c1-16-11-24-21(26-22(27(37)32-24)13-30-36(26)19-7-8-33(4)15-19)12-20(16)28(38)34-9-10-35(17(2)14-34)25-6-5-23(29)18(3)31-25/h5-6,11-13,17,19H,7-10,14-15H2,1-4H3,(H,32,37)/t17-,19+/m1/s1. The molecule has 4 aromatic rings. The molecule has 0 unspecified atom stereocenters. The summed E-state index contributed by atoms with van der Waals surface area (Å²) in [6, 6.07) is 7.16. The normalized spacial score (nSPS) is 20.7. The molecule has 5 heterocycles. The number of anilines is 1. The molecule has 1 amide bonds. The predicted octanol–water partition coefficient (Wildman–Crippen LogP) is 3.26. The first kappa shape index (κ1) is 24.5. The molecule has 0 saturated carbocycles. The molecule has 9 nitrogen and oxygen atoms in total. The van der Waals surface area contributed by atoms with Crippen LogP contribution in [0.3, 0.4) is 0 Å². The molecule has 2 aliphatic rings. The number of aryl methyl sites for hydroxylation is 2. The van der Waals surface area contributed by atoms with E-state index in [4.69, 9.17) is 0 Å². The number of H-pyrrole nitrogens is 1. The Bertz CT molecular complexity index is 1630. The zero-order valence-electron chi connectivity index (χ0n) is 22.2. The number of nitrogens with zero attached hydrogens (tertiary/aromatic N) is 6. The maximum Gasteiger partial charge on any atom is 0.259 e. The van der Waals surface area contributed by atoms with Crippen molar-refractivity contribution in [3.63, 3.8) is 0 Å². The summed E-state index contributed by atoms with van der Waals surface area (Å²) in [5.74, 6) is 0.367. The Balaban J connectivity index is 1.34. The molecule has 6 rings (SSSR count). The Morgan fingerprint density at radius 2 is 1.92 bits per heavy atom. The van der Waals surface area contributed by atoms with E-state index in [0.717, 1.165) is 41.8 Å². The fraction of sp³-hybridized carbons (Fsp3) is 0.429. The molecular weight excluding hydrogens is 485 g/mol. The van der Waals surface area contributed by atoms with E-state index in [0.29, 0.717) is 41.8 Å². The summed E-state index contributed by atoms with van der Waals surface area (Å²) in [7, 11) is 2.09. The summed E-state index contributed by atoms with van der Waals surface area (Å²) in [5.41, 5.74) is 3.13. The number of pyridine rings is 2. The number of fused-ring (bicyclic) bond motifs is 3. The zero-order valence-corrected chi connectivity index (χ0v) is 22.2. The average Bonchev–Trinajstić information content (AvgIpc) is 3.52. The van der Waals surface area contributed by atoms with Gasteiger partial charge in [-0.05, 0) is 70.6 Å². The molecule has 2 aliphatic heterocycles. The SMILES string of the molecule is Cc1cc2[nH]c(=O)c3cnn([C@H]4CCN(C)C4)c3c2cc1C(=O)N1CCN(c2ccc(F)c(C)n2)[C@H](C)C1. The molecule has 1 N–H and O–H groups in total. The molecule has 2 atom stereocenters. The first-order valence-corrected chi connectivity index (χ1v) is 13.1. The zero-order chi connectivity index (χ0) is 26.7. The minimum absolute atomic E-state index is 0.0228. The van der Waals surface area contributed by atoms with Crippen molar-refractivity contribution < 1.29 is 9.18 Å². The Hall–Kier alpha value is -3.79. The number of carbonyl (C=O) groups excluding carboxylic acids is 1. The van der Waals surface area contributed by atoms with Crippen LogP contribution >= 0.6 is 0 Å². The number of likely N-dealkylation sites (N-methyl/N-ethyl adjacent to an activating group) is 1. The average molecular weight is 518 g/mol. The van der Waals surface area contributed by atoms with Gasteiger partial charge in [-0.3, -0.25) is 14.3 Å². The topological polar surface area (TPSA) is 90.4 Å². The largest absolute Gasteiger partial charge is 0.350 e. The molecule has 38 heavy (non-hydrogen) atoms. The van der Waals surface area contributed by atoms with Crippen molar-refractivity contribution >= 4 is 33.5 Å². The highest BCUT2D eigenvalue weighted by Crippen LogP contribution is 2.30. The quantitative estimate of drug-likeness (QED) is 0.449. The van der Waals surface area contributed by atoms with Gasteiger partial charge in [-0.25, -0.2) is 9.37 Å². The summed E-state index contributed by atoms with van der Waals surface area (Å²) in [4.78, 5) is 40.3. The van der Waals surface area contributed by atoms with Crippen LogP contribution in [-0.2, 0) is 0 Å². The fourth-order valence-corrected chi connectivity index (χ4v) is 5.96. The minimum Gasteiger partial charge on any atom is -0.350 e. The maximum absolute atomic E-state index is 13.8. The van der Waals surface area contributed by atoms with Crippen LogP contribution in [0.15, 0.2) is 35.3 Å². The molecule has 0 aliphatic carbocycles. The maximum atomic E-state index is 13.8. The van der Waals surface area contributed by atoms with Crippen LogP contribution in [0, 0.1) is 19.7 Å². The lowest BCUT2D eigenvalue weighted by Gasteiger charge is -2.40. The number of likely N-dealkylation sites (tertiary alicyclic amines) is 1. The van der Waals surface area contributed by atoms with Crippen molar-refractivity contribution in [1.82, 2.24) is 29.5 Å². The summed E-state index contributed by atoms with van der Waals surface area (Å²) in [6.07, 6.45) is 2.60. The lowest BCUT2D eigenvalue weighted by atomic mass is 10.0. The van der Waals surface area contributed by atoms with Gasteiger partial charge in [-0.1, -0.05) is 0 Å². The number of nitrogens with one attached hydrogen (secondary N) is 1. The summed E-state index contributed by atoms with van der Waals surface area (Å²) >= 11 is 0. The van der Waals surface area contributed by atoms with E-state index in [-0.39, 0.29) is 29.4 Å². The van der Waals surface area contributed by atoms with E-state index in [1.165, 1.54) is 6.07 Å². The van der Waals surface area contributed by atoms with Gasteiger partial charge in [0, 0.05) is 43.2 Å². The third kappa shape index (κ3) is 4.03. The van der Waals surface area contributed by atoms with E-state index in [1.807, 2.05) is 28.6 Å². The number of hydrogen-bond acceptors (Lipinski definition) is 6. The van der Waals surface area contributed by atoms with E-state index < -0.39 is 0 Å². The van der Waals surface area contributed by atoms with Crippen molar-refractivity contribution in [2.24, 2.45) is 0 Å². The number of aromatic amines is 1. The number of hydrogen-bond donors (Lipinski definition) is 1. The molecule has 1 aromatic carbocycles. The Labute approximate surface area is 219 Å². The molecule has 2 fully saturated rings. The van der Waals surface area contributed by atoms with Crippen molar-refractivity contribution in [2.45, 2.75) is 39.3 Å². The van der Waals surface area contributed by atoms with Gasteiger partial charge in [0.1, 0.15) is 11.6 Å². The lowest BCUT2D eigenvalue weighted by molar-refractivity contribution is 0.0725. The van der Waals surface area contributed by atoms with Crippen LogP contribution in [0.4, 0.5) is 10.2 Å². The second-order valence-corrected chi connectivity index (χ2v) is 10.8. The van der Waals surface area contributed by atoms with E-state index in [9.17, 15) is 14.0 Å².